The number of fused-ring (bicyclic) bond motifs is 5. The second-order valence-electron chi connectivity index (χ2n) is 8.85. The average molecular weight is 367 g/mol. The van der Waals surface area contributed by atoms with E-state index in [0.717, 1.165) is 43.9 Å². The number of carbonyl (C=O) groups is 2. The Balaban J connectivity index is 1.67. The van der Waals surface area contributed by atoms with Gasteiger partial charge in [-0.2, -0.15) is 0 Å². The van der Waals surface area contributed by atoms with Crippen LogP contribution in [-0.2, 0) is 9.59 Å². The van der Waals surface area contributed by atoms with Gasteiger partial charge >= 0.3 is 0 Å². The van der Waals surface area contributed by atoms with Crippen molar-refractivity contribution in [2.75, 3.05) is 0 Å². The fraction of sp³-hybridized carbons (Fsp3) is 0.895. The summed E-state index contributed by atoms with van der Waals surface area (Å²) < 4.78 is 0. The molecular weight excluding hydrogens is 340 g/mol. The van der Waals surface area contributed by atoms with Crippen molar-refractivity contribution in [2.45, 2.75) is 70.0 Å². The second kappa shape index (κ2) is 4.91. The smallest absolute Gasteiger partial charge is 0.146 e. The van der Waals surface area contributed by atoms with Gasteiger partial charge in [-0.3, -0.25) is 9.59 Å². The summed E-state index contributed by atoms with van der Waals surface area (Å²) in [6, 6.07) is 0. The van der Waals surface area contributed by atoms with Gasteiger partial charge in [-0.1, -0.05) is 29.8 Å². The molecule has 0 aliphatic heterocycles. The van der Waals surface area contributed by atoms with Crippen molar-refractivity contribution in [1.82, 2.24) is 0 Å². The Hall–Kier alpha value is -0.180. The van der Waals surface area contributed by atoms with Gasteiger partial charge in [0, 0.05) is 18.3 Å². The molecule has 0 spiro atoms. The van der Waals surface area contributed by atoms with Gasteiger partial charge in [0.15, 0.2) is 0 Å². The predicted molar refractivity (Wildman–Crippen MR) is 89.8 cm³/mol. The van der Waals surface area contributed by atoms with Crippen molar-refractivity contribution in [3.05, 3.63) is 0 Å². The number of halogens is 1. The minimum Gasteiger partial charge on any atom is -0.299 e. The lowest BCUT2D eigenvalue weighted by Crippen LogP contribution is -2.56. The number of hydrogen-bond acceptors (Lipinski definition) is 2. The van der Waals surface area contributed by atoms with Crippen LogP contribution in [-0.4, -0.2) is 16.4 Å². The normalized spacial score (nSPS) is 54.6. The van der Waals surface area contributed by atoms with E-state index in [4.69, 9.17) is 0 Å². The van der Waals surface area contributed by atoms with Crippen LogP contribution in [0.2, 0.25) is 0 Å². The lowest BCUT2D eigenvalue weighted by atomic mass is 9.45. The predicted octanol–water partition coefficient (Wildman–Crippen LogP) is 4.54. The number of alkyl halides is 1. The van der Waals surface area contributed by atoms with Crippen LogP contribution in [0.5, 0.6) is 0 Å². The van der Waals surface area contributed by atoms with Crippen LogP contribution >= 0.6 is 15.9 Å². The Labute approximate surface area is 141 Å². The van der Waals surface area contributed by atoms with Crippen LogP contribution in [0, 0.1) is 34.5 Å². The first-order valence-corrected chi connectivity index (χ1v) is 9.99. The fourth-order valence-electron chi connectivity index (χ4n) is 6.86. The van der Waals surface area contributed by atoms with E-state index in [0.29, 0.717) is 28.8 Å². The maximum absolute atomic E-state index is 12.4. The average Bonchev–Trinajstić information content (AvgIpc) is 2.79. The maximum Gasteiger partial charge on any atom is 0.146 e. The zero-order valence-electron chi connectivity index (χ0n) is 13.7. The van der Waals surface area contributed by atoms with E-state index < -0.39 is 0 Å². The molecule has 0 amide bonds. The molecule has 7 atom stereocenters. The Kier molecular flexibility index (Phi) is 3.43. The van der Waals surface area contributed by atoms with E-state index >= 15 is 0 Å². The van der Waals surface area contributed by atoms with Crippen molar-refractivity contribution < 1.29 is 9.59 Å². The summed E-state index contributed by atoms with van der Waals surface area (Å²) in [5, 5.41) is 0. The topological polar surface area (TPSA) is 34.1 Å². The SMILES string of the molecule is C[C@]12CCC(=O)[C@H](Br)[C@H]1CC[C@@H]1[C@@H]2CC[C@]2(C)C(=O)CC[C@@H]12. The summed E-state index contributed by atoms with van der Waals surface area (Å²) in [6.07, 6.45) is 8.42. The molecule has 4 saturated carbocycles. The highest BCUT2D eigenvalue weighted by Crippen LogP contribution is 2.65. The summed E-state index contributed by atoms with van der Waals surface area (Å²) in [5.74, 6) is 3.51. The molecule has 2 nitrogen and oxygen atoms in total. The third-order valence-corrected chi connectivity index (χ3v) is 9.37. The monoisotopic (exact) mass is 366 g/mol. The zero-order valence-corrected chi connectivity index (χ0v) is 15.3. The Morgan fingerprint density at radius 1 is 0.909 bits per heavy atom. The summed E-state index contributed by atoms with van der Waals surface area (Å²) in [7, 11) is 0. The van der Waals surface area contributed by atoms with Crippen molar-refractivity contribution in [3.63, 3.8) is 0 Å². The highest BCUT2D eigenvalue weighted by atomic mass is 79.9. The zero-order chi connectivity index (χ0) is 15.7. The quantitative estimate of drug-likeness (QED) is 0.589. The van der Waals surface area contributed by atoms with Crippen LogP contribution in [0.1, 0.15) is 65.2 Å². The fourth-order valence-corrected chi connectivity index (χ4v) is 7.96. The van der Waals surface area contributed by atoms with Gasteiger partial charge in [-0.15, -0.1) is 0 Å². The number of rotatable bonds is 0. The van der Waals surface area contributed by atoms with Crippen molar-refractivity contribution in [2.24, 2.45) is 34.5 Å². The molecule has 3 heteroatoms. The third-order valence-electron chi connectivity index (χ3n) is 8.22. The molecule has 22 heavy (non-hydrogen) atoms. The second-order valence-corrected chi connectivity index (χ2v) is 9.84. The van der Waals surface area contributed by atoms with Gasteiger partial charge < -0.3 is 0 Å². The van der Waals surface area contributed by atoms with E-state index in [1.54, 1.807) is 0 Å². The molecule has 0 aromatic rings. The van der Waals surface area contributed by atoms with E-state index in [9.17, 15) is 9.59 Å². The number of ketones is 2. The van der Waals surface area contributed by atoms with Gasteiger partial charge in [0.05, 0.1) is 4.83 Å². The van der Waals surface area contributed by atoms with Crippen LogP contribution in [0.3, 0.4) is 0 Å². The maximum atomic E-state index is 12.4. The standard InChI is InChI=1S/C19H27BrO2/c1-18-10-8-15(21)17(20)14(18)4-3-11-12-5-6-16(22)19(12,2)9-7-13(11)18/h11-14,17H,3-10H2,1-2H3/t11-,12-,13-,14+,17+,18+,19-/m0/s1. The number of hydrogen-bond donors (Lipinski definition) is 0. The lowest BCUT2D eigenvalue weighted by Gasteiger charge is -2.60. The minimum atomic E-state index is -0.0251. The molecule has 0 heterocycles. The summed E-state index contributed by atoms with van der Waals surface area (Å²) in [4.78, 5) is 24.6. The van der Waals surface area contributed by atoms with E-state index in [1.807, 2.05) is 0 Å². The summed E-state index contributed by atoms with van der Waals surface area (Å²) >= 11 is 3.72. The molecule has 0 aromatic carbocycles. The largest absolute Gasteiger partial charge is 0.299 e. The van der Waals surface area contributed by atoms with Gasteiger partial charge in [0.1, 0.15) is 11.6 Å². The van der Waals surface area contributed by atoms with Crippen LogP contribution in [0.4, 0.5) is 0 Å². The van der Waals surface area contributed by atoms with Crippen molar-refractivity contribution in [1.29, 1.82) is 0 Å². The molecule has 0 bridgehead atoms. The third kappa shape index (κ3) is 1.84. The summed E-state index contributed by atoms with van der Waals surface area (Å²) in [5.41, 5.74) is 0.278. The first-order valence-electron chi connectivity index (χ1n) is 9.08. The molecule has 4 aliphatic carbocycles. The van der Waals surface area contributed by atoms with Crippen LogP contribution in [0.15, 0.2) is 0 Å². The molecular formula is C19H27BrO2. The summed E-state index contributed by atoms with van der Waals surface area (Å²) in [6.45, 7) is 4.70. The highest BCUT2D eigenvalue weighted by molar-refractivity contribution is 9.10. The Morgan fingerprint density at radius 2 is 1.68 bits per heavy atom. The van der Waals surface area contributed by atoms with Gasteiger partial charge in [0.2, 0.25) is 0 Å². The van der Waals surface area contributed by atoms with Crippen LogP contribution in [0.25, 0.3) is 0 Å². The van der Waals surface area contributed by atoms with Gasteiger partial charge in [-0.05, 0) is 67.6 Å². The lowest BCUT2D eigenvalue weighted by molar-refractivity contribution is -0.143. The number of Topliss-reactive ketones (excluding diaryl/α,β-unsaturated/α-hetero) is 2. The van der Waals surface area contributed by atoms with Crippen molar-refractivity contribution in [3.8, 4) is 0 Å². The van der Waals surface area contributed by atoms with E-state index in [1.165, 1.54) is 19.3 Å². The molecule has 0 unspecified atom stereocenters. The molecule has 0 N–H and O–H groups in total. The first-order chi connectivity index (χ1) is 10.4. The van der Waals surface area contributed by atoms with Gasteiger partial charge in [0.25, 0.3) is 0 Å². The van der Waals surface area contributed by atoms with Gasteiger partial charge in [-0.25, -0.2) is 0 Å². The van der Waals surface area contributed by atoms with E-state index in [-0.39, 0.29) is 10.2 Å². The van der Waals surface area contributed by atoms with Crippen LogP contribution < -0.4 is 0 Å². The molecule has 122 valence electrons. The minimum absolute atomic E-state index is 0.0251. The molecule has 4 rings (SSSR count). The Morgan fingerprint density at radius 3 is 2.45 bits per heavy atom. The highest BCUT2D eigenvalue weighted by Gasteiger charge is 2.61. The number of carbonyl (C=O) groups excluding carboxylic acids is 2. The van der Waals surface area contributed by atoms with E-state index in [2.05, 4.69) is 29.8 Å². The first kappa shape index (κ1) is 15.4. The Bertz CT molecular complexity index is 530. The molecule has 4 aliphatic rings. The molecule has 4 fully saturated rings. The molecule has 0 saturated heterocycles. The van der Waals surface area contributed by atoms with Crippen molar-refractivity contribution >= 4 is 27.5 Å². The molecule has 0 aromatic heterocycles. The molecule has 0 radical (unpaired) electrons.